The Hall–Kier alpha value is -1.38. The van der Waals surface area contributed by atoms with Gasteiger partial charge in [-0.05, 0) is 30.2 Å². The summed E-state index contributed by atoms with van der Waals surface area (Å²) in [5, 5.41) is 1.14. The Balaban J connectivity index is 2.31. The molecule has 0 saturated carbocycles. The summed E-state index contributed by atoms with van der Waals surface area (Å²) in [4.78, 5) is 2.03. The Morgan fingerprint density at radius 1 is 1.11 bits per heavy atom. The Labute approximate surface area is 123 Å². The van der Waals surface area contributed by atoms with E-state index in [4.69, 9.17) is 28.9 Å². The first-order valence-corrected chi connectivity index (χ1v) is 6.75. The van der Waals surface area contributed by atoms with Crippen LogP contribution in [0.25, 0.3) is 0 Å². The zero-order chi connectivity index (χ0) is 14.0. The van der Waals surface area contributed by atoms with Gasteiger partial charge in [0.15, 0.2) is 0 Å². The molecule has 2 aromatic rings. The molecule has 0 bridgehead atoms. The highest BCUT2D eigenvalue weighted by Crippen LogP contribution is 2.36. The topological polar surface area (TPSA) is 29.3 Å². The molecule has 0 aliphatic carbocycles. The van der Waals surface area contributed by atoms with Gasteiger partial charge in [-0.15, -0.1) is 0 Å². The molecule has 2 N–H and O–H groups in total. The lowest BCUT2D eigenvalue weighted by molar-refractivity contribution is 0.915. The molecule has 0 saturated heterocycles. The molecule has 0 atom stereocenters. The van der Waals surface area contributed by atoms with E-state index < -0.39 is 0 Å². The van der Waals surface area contributed by atoms with E-state index in [1.165, 1.54) is 11.1 Å². The van der Waals surface area contributed by atoms with Gasteiger partial charge < -0.3 is 10.6 Å². The third kappa shape index (κ3) is 3.14. The van der Waals surface area contributed by atoms with Crippen molar-refractivity contribution in [2.45, 2.75) is 13.5 Å². The van der Waals surface area contributed by atoms with Crippen LogP contribution in [0.1, 0.15) is 11.1 Å². The first-order chi connectivity index (χ1) is 8.99. The highest BCUT2D eigenvalue weighted by atomic mass is 35.5. The smallest absolute Gasteiger partial charge is 0.0746 e. The monoisotopic (exact) mass is 294 g/mol. The van der Waals surface area contributed by atoms with E-state index in [9.17, 15) is 0 Å². The van der Waals surface area contributed by atoms with Gasteiger partial charge in [0.2, 0.25) is 0 Å². The van der Waals surface area contributed by atoms with Gasteiger partial charge in [0, 0.05) is 19.3 Å². The number of aryl methyl sites for hydroxylation is 1. The van der Waals surface area contributed by atoms with Crippen LogP contribution >= 0.6 is 23.2 Å². The maximum Gasteiger partial charge on any atom is 0.0746 e. The van der Waals surface area contributed by atoms with Crippen LogP contribution in [-0.4, -0.2) is 7.05 Å². The molecule has 0 fully saturated rings. The second-order valence-corrected chi connectivity index (χ2v) is 5.43. The third-order valence-electron chi connectivity index (χ3n) is 3.09. The van der Waals surface area contributed by atoms with Crippen LogP contribution in [0.3, 0.4) is 0 Å². The Bertz CT molecular complexity index is 573. The number of nitrogens with two attached hydrogens (primary N) is 1. The van der Waals surface area contributed by atoms with E-state index in [1.807, 2.05) is 24.1 Å². The second-order valence-electron chi connectivity index (χ2n) is 4.62. The lowest BCUT2D eigenvalue weighted by atomic mass is 10.1. The maximum atomic E-state index is 6.23. The minimum Gasteiger partial charge on any atom is -0.399 e. The molecule has 4 heteroatoms. The molecular formula is C15H16Cl2N2. The van der Waals surface area contributed by atoms with Crippen molar-refractivity contribution in [1.29, 1.82) is 0 Å². The molecule has 2 rings (SSSR count). The quantitative estimate of drug-likeness (QED) is 0.843. The summed E-state index contributed by atoms with van der Waals surface area (Å²) in [7, 11) is 1.97. The number of nitrogens with zero attached hydrogens (tertiary/aromatic N) is 1. The second kappa shape index (κ2) is 5.72. The van der Waals surface area contributed by atoms with Crippen LogP contribution in [0.15, 0.2) is 36.4 Å². The number of halogens is 2. The summed E-state index contributed by atoms with van der Waals surface area (Å²) in [6.07, 6.45) is 0. The van der Waals surface area contributed by atoms with E-state index >= 15 is 0 Å². The van der Waals surface area contributed by atoms with E-state index in [0.717, 1.165) is 12.2 Å². The number of nitrogen functional groups attached to an aromatic ring is 1. The SMILES string of the molecule is Cc1ccccc1CN(C)c1c(Cl)cc(N)cc1Cl. The summed E-state index contributed by atoms with van der Waals surface area (Å²) >= 11 is 12.5. The summed E-state index contributed by atoms with van der Waals surface area (Å²) in [6.45, 7) is 2.84. The van der Waals surface area contributed by atoms with Crippen molar-refractivity contribution in [1.82, 2.24) is 0 Å². The summed E-state index contributed by atoms with van der Waals surface area (Å²) < 4.78 is 0. The van der Waals surface area contributed by atoms with E-state index in [0.29, 0.717) is 15.7 Å². The van der Waals surface area contributed by atoms with Crippen LogP contribution in [0.2, 0.25) is 10.0 Å². The lowest BCUT2D eigenvalue weighted by Crippen LogP contribution is -2.18. The number of rotatable bonds is 3. The largest absolute Gasteiger partial charge is 0.399 e. The molecule has 0 aromatic heterocycles. The first-order valence-electron chi connectivity index (χ1n) is 5.99. The standard InChI is InChI=1S/C15H16Cl2N2/c1-10-5-3-4-6-11(10)9-19(2)15-13(16)7-12(18)8-14(15)17/h3-8H,9,18H2,1-2H3. The van der Waals surface area contributed by atoms with Crippen LogP contribution < -0.4 is 10.6 Å². The number of hydrogen-bond acceptors (Lipinski definition) is 2. The van der Waals surface area contributed by atoms with Gasteiger partial charge in [-0.2, -0.15) is 0 Å². The zero-order valence-corrected chi connectivity index (χ0v) is 12.5. The molecule has 100 valence electrons. The Kier molecular flexibility index (Phi) is 4.23. The molecule has 0 aliphatic heterocycles. The van der Waals surface area contributed by atoms with Crippen LogP contribution in [0.5, 0.6) is 0 Å². The van der Waals surface area contributed by atoms with Crippen molar-refractivity contribution in [2.75, 3.05) is 17.7 Å². The fourth-order valence-electron chi connectivity index (χ4n) is 2.07. The van der Waals surface area contributed by atoms with Crippen molar-refractivity contribution in [3.8, 4) is 0 Å². The molecule has 19 heavy (non-hydrogen) atoms. The van der Waals surface area contributed by atoms with Crippen molar-refractivity contribution in [3.05, 3.63) is 57.6 Å². The van der Waals surface area contributed by atoms with Crippen molar-refractivity contribution in [2.24, 2.45) is 0 Å². The molecule has 0 radical (unpaired) electrons. The van der Waals surface area contributed by atoms with Gasteiger partial charge in [0.05, 0.1) is 15.7 Å². The Morgan fingerprint density at radius 2 is 1.68 bits per heavy atom. The van der Waals surface area contributed by atoms with E-state index in [1.54, 1.807) is 12.1 Å². The zero-order valence-electron chi connectivity index (χ0n) is 11.0. The van der Waals surface area contributed by atoms with Crippen LogP contribution in [0.4, 0.5) is 11.4 Å². The molecule has 0 heterocycles. The van der Waals surface area contributed by atoms with E-state index in [2.05, 4.69) is 19.1 Å². The molecule has 0 aliphatic rings. The summed E-state index contributed by atoms with van der Waals surface area (Å²) in [5.41, 5.74) is 9.59. The average molecular weight is 295 g/mol. The molecular weight excluding hydrogens is 279 g/mol. The summed E-state index contributed by atoms with van der Waals surface area (Å²) in [5.74, 6) is 0. The molecule has 2 aromatic carbocycles. The van der Waals surface area contributed by atoms with Gasteiger partial charge in [0.1, 0.15) is 0 Å². The lowest BCUT2D eigenvalue weighted by Gasteiger charge is -2.23. The van der Waals surface area contributed by atoms with Crippen LogP contribution in [-0.2, 0) is 6.54 Å². The average Bonchev–Trinajstić information content (AvgIpc) is 2.30. The first kappa shape index (κ1) is 14.0. The van der Waals surface area contributed by atoms with Crippen molar-refractivity contribution >= 4 is 34.6 Å². The van der Waals surface area contributed by atoms with Gasteiger partial charge in [-0.1, -0.05) is 47.5 Å². The predicted octanol–water partition coefficient (Wildman–Crippen LogP) is 4.52. The summed E-state index contributed by atoms with van der Waals surface area (Å²) in [6, 6.07) is 11.7. The van der Waals surface area contributed by atoms with Gasteiger partial charge >= 0.3 is 0 Å². The third-order valence-corrected chi connectivity index (χ3v) is 3.67. The normalized spacial score (nSPS) is 10.5. The maximum absolute atomic E-state index is 6.23. The molecule has 2 nitrogen and oxygen atoms in total. The van der Waals surface area contributed by atoms with Crippen LogP contribution in [0, 0.1) is 6.92 Å². The van der Waals surface area contributed by atoms with E-state index in [-0.39, 0.29) is 0 Å². The Morgan fingerprint density at radius 3 is 2.26 bits per heavy atom. The molecule has 0 unspecified atom stereocenters. The predicted molar refractivity (Wildman–Crippen MR) is 84.2 cm³/mol. The highest BCUT2D eigenvalue weighted by Gasteiger charge is 2.13. The molecule has 0 amide bonds. The number of benzene rings is 2. The van der Waals surface area contributed by atoms with Gasteiger partial charge in [-0.3, -0.25) is 0 Å². The highest BCUT2D eigenvalue weighted by molar-refractivity contribution is 6.39. The fraction of sp³-hybridized carbons (Fsp3) is 0.200. The van der Waals surface area contributed by atoms with Crippen molar-refractivity contribution < 1.29 is 0 Å². The number of hydrogen-bond donors (Lipinski definition) is 1. The molecule has 0 spiro atoms. The number of anilines is 2. The van der Waals surface area contributed by atoms with Crippen molar-refractivity contribution in [3.63, 3.8) is 0 Å². The fourth-order valence-corrected chi connectivity index (χ4v) is 2.86. The minimum atomic E-state index is 0.570. The minimum absolute atomic E-state index is 0.570. The van der Waals surface area contributed by atoms with Gasteiger partial charge in [-0.25, -0.2) is 0 Å². The van der Waals surface area contributed by atoms with Gasteiger partial charge in [0.25, 0.3) is 0 Å².